The van der Waals surface area contributed by atoms with Crippen LogP contribution in [0.4, 0.5) is 0 Å². The number of aryl methyl sites for hydroxylation is 2. The Balaban J connectivity index is 1.94. The van der Waals surface area contributed by atoms with Gasteiger partial charge in [-0.1, -0.05) is 18.2 Å². The number of likely N-dealkylation sites (tertiary alicyclic amines) is 1. The Morgan fingerprint density at radius 3 is 2.27 bits per heavy atom. The molecular formula is C19H25N3. The van der Waals surface area contributed by atoms with E-state index in [9.17, 15) is 0 Å². The summed E-state index contributed by atoms with van der Waals surface area (Å²) < 4.78 is 0. The first-order valence-corrected chi connectivity index (χ1v) is 8.22. The Morgan fingerprint density at radius 2 is 1.64 bits per heavy atom. The zero-order valence-corrected chi connectivity index (χ0v) is 14.1. The van der Waals surface area contributed by atoms with E-state index >= 15 is 0 Å². The Morgan fingerprint density at radius 1 is 1.00 bits per heavy atom. The molecule has 1 aromatic heterocycles. The number of hydrogen-bond donors (Lipinski definition) is 0. The van der Waals surface area contributed by atoms with E-state index in [1.54, 1.807) is 0 Å². The second-order valence-corrected chi connectivity index (χ2v) is 6.39. The van der Waals surface area contributed by atoms with Crippen LogP contribution in [0.15, 0.2) is 24.3 Å². The smallest absolute Gasteiger partial charge is 0.159 e. The van der Waals surface area contributed by atoms with Gasteiger partial charge in [0.05, 0.1) is 0 Å². The van der Waals surface area contributed by atoms with Gasteiger partial charge in [-0.15, -0.1) is 0 Å². The van der Waals surface area contributed by atoms with E-state index in [1.807, 2.05) is 0 Å². The van der Waals surface area contributed by atoms with E-state index in [4.69, 9.17) is 0 Å². The van der Waals surface area contributed by atoms with Gasteiger partial charge in [-0.05, 0) is 70.8 Å². The Hall–Kier alpha value is -1.74. The predicted octanol–water partition coefficient (Wildman–Crippen LogP) is 4.23. The predicted molar refractivity (Wildman–Crippen MR) is 90.9 cm³/mol. The fourth-order valence-electron chi connectivity index (χ4n) is 3.18. The highest BCUT2D eigenvalue weighted by Crippen LogP contribution is 2.27. The van der Waals surface area contributed by atoms with Crippen LogP contribution in [0.2, 0.25) is 0 Å². The zero-order chi connectivity index (χ0) is 15.7. The summed E-state index contributed by atoms with van der Waals surface area (Å²) in [6, 6.07) is 9.19. The van der Waals surface area contributed by atoms with Gasteiger partial charge in [0.25, 0.3) is 0 Å². The van der Waals surface area contributed by atoms with Crippen molar-refractivity contribution in [3.63, 3.8) is 0 Å². The second-order valence-electron chi connectivity index (χ2n) is 6.39. The highest BCUT2D eigenvalue weighted by Gasteiger charge is 2.19. The number of nitrogens with zero attached hydrogens (tertiary/aromatic N) is 3. The lowest BCUT2D eigenvalue weighted by molar-refractivity contribution is 0.263. The van der Waals surface area contributed by atoms with Crippen LogP contribution in [-0.2, 0) is 0 Å². The van der Waals surface area contributed by atoms with Gasteiger partial charge in [0.15, 0.2) is 5.82 Å². The van der Waals surface area contributed by atoms with E-state index in [-0.39, 0.29) is 0 Å². The molecule has 2 heterocycles. The molecule has 2 aromatic rings. The van der Waals surface area contributed by atoms with Gasteiger partial charge < -0.3 is 0 Å². The van der Waals surface area contributed by atoms with Gasteiger partial charge in [0.2, 0.25) is 0 Å². The van der Waals surface area contributed by atoms with Crippen LogP contribution in [0, 0.1) is 20.8 Å². The van der Waals surface area contributed by atoms with Gasteiger partial charge in [-0.3, -0.25) is 4.90 Å². The van der Waals surface area contributed by atoms with Crippen LogP contribution >= 0.6 is 0 Å². The van der Waals surface area contributed by atoms with Crippen molar-refractivity contribution in [2.75, 3.05) is 13.1 Å². The molecule has 0 N–H and O–H groups in total. The van der Waals surface area contributed by atoms with Crippen LogP contribution < -0.4 is 0 Å². The molecule has 1 unspecified atom stereocenters. The maximum Gasteiger partial charge on any atom is 0.159 e. The van der Waals surface area contributed by atoms with E-state index in [0.717, 1.165) is 22.8 Å². The van der Waals surface area contributed by atoms with Gasteiger partial charge in [0, 0.05) is 23.0 Å². The lowest BCUT2D eigenvalue weighted by atomic mass is 10.0. The third kappa shape index (κ3) is 2.91. The highest BCUT2D eigenvalue weighted by molar-refractivity contribution is 5.57. The molecule has 3 nitrogen and oxygen atoms in total. The topological polar surface area (TPSA) is 29.0 Å². The van der Waals surface area contributed by atoms with Crippen molar-refractivity contribution in [3.8, 4) is 11.4 Å². The summed E-state index contributed by atoms with van der Waals surface area (Å²) in [6.45, 7) is 10.9. The first-order valence-electron chi connectivity index (χ1n) is 8.22. The normalized spacial score (nSPS) is 16.9. The molecule has 0 saturated carbocycles. The Bertz CT molecular complexity index is 649. The minimum Gasteiger partial charge on any atom is -0.297 e. The SMILES string of the molecule is Cc1nc(-c2cccc(C(C)N3CCCC3)c2)nc(C)c1C. The summed E-state index contributed by atoms with van der Waals surface area (Å²) in [5.74, 6) is 0.844. The van der Waals surface area contributed by atoms with Gasteiger partial charge in [-0.25, -0.2) is 9.97 Å². The molecule has 0 radical (unpaired) electrons. The summed E-state index contributed by atoms with van der Waals surface area (Å²) in [5, 5.41) is 0. The molecule has 116 valence electrons. The Labute approximate surface area is 133 Å². The molecule has 1 fully saturated rings. The first kappa shape index (κ1) is 15.2. The average molecular weight is 295 g/mol. The molecule has 1 aliphatic heterocycles. The fourth-order valence-corrected chi connectivity index (χ4v) is 3.18. The second kappa shape index (κ2) is 6.17. The minimum absolute atomic E-state index is 0.468. The maximum absolute atomic E-state index is 4.68. The summed E-state index contributed by atoms with van der Waals surface area (Å²) in [4.78, 5) is 11.9. The van der Waals surface area contributed by atoms with Crippen molar-refractivity contribution in [3.05, 3.63) is 46.8 Å². The third-order valence-electron chi connectivity index (χ3n) is 4.95. The van der Waals surface area contributed by atoms with Gasteiger partial charge in [0.1, 0.15) is 0 Å². The van der Waals surface area contributed by atoms with Crippen molar-refractivity contribution in [1.29, 1.82) is 0 Å². The molecular weight excluding hydrogens is 270 g/mol. The first-order chi connectivity index (χ1) is 10.6. The summed E-state index contributed by atoms with van der Waals surface area (Å²) in [6.07, 6.45) is 2.65. The van der Waals surface area contributed by atoms with E-state index in [1.165, 1.54) is 37.1 Å². The van der Waals surface area contributed by atoms with Crippen LogP contribution in [-0.4, -0.2) is 28.0 Å². The van der Waals surface area contributed by atoms with Crippen LogP contribution in [0.3, 0.4) is 0 Å². The van der Waals surface area contributed by atoms with Gasteiger partial charge >= 0.3 is 0 Å². The van der Waals surface area contributed by atoms with Crippen LogP contribution in [0.25, 0.3) is 11.4 Å². The van der Waals surface area contributed by atoms with Crippen molar-refractivity contribution in [2.24, 2.45) is 0 Å². The highest BCUT2D eigenvalue weighted by atomic mass is 15.2. The average Bonchev–Trinajstić information content (AvgIpc) is 3.06. The molecule has 22 heavy (non-hydrogen) atoms. The Kier molecular flexibility index (Phi) is 4.25. The molecule has 3 rings (SSSR count). The van der Waals surface area contributed by atoms with E-state index in [2.05, 4.69) is 66.8 Å². The number of rotatable bonds is 3. The lowest BCUT2D eigenvalue weighted by Crippen LogP contribution is -2.23. The summed E-state index contributed by atoms with van der Waals surface area (Å²) >= 11 is 0. The molecule has 0 aliphatic carbocycles. The monoisotopic (exact) mass is 295 g/mol. The molecule has 0 spiro atoms. The number of benzene rings is 1. The molecule has 1 atom stereocenters. The molecule has 3 heteroatoms. The van der Waals surface area contributed by atoms with Crippen molar-refractivity contribution >= 4 is 0 Å². The quantitative estimate of drug-likeness (QED) is 0.848. The van der Waals surface area contributed by atoms with Crippen LogP contribution in [0.5, 0.6) is 0 Å². The van der Waals surface area contributed by atoms with Crippen LogP contribution in [0.1, 0.15) is 48.3 Å². The number of aromatic nitrogens is 2. The standard InChI is InChI=1S/C19H25N3/c1-13-14(2)20-19(21-15(13)3)18-9-7-8-17(12-18)16(4)22-10-5-6-11-22/h7-9,12,16H,5-6,10-11H2,1-4H3. The fraction of sp³-hybridized carbons (Fsp3) is 0.474. The zero-order valence-electron chi connectivity index (χ0n) is 14.1. The van der Waals surface area contributed by atoms with E-state index < -0.39 is 0 Å². The molecule has 1 aliphatic rings. The lowest BCUT2D eigenvalue weighted by Gasteiger charge is -2.24. The largest absolute Gasteiger partial charge is 0.297 e. The van der Waals surface area contributed by atoms with Crippen molar-refractivity contribution < 1.29 is 0 Å². The summed E-state index contributed by atoms with van der Waals surface area (Å²) in [5.41, 5.74) is 5.81. The van der Waals surface area contributed by atoms with Crippen molar-refractivity contribution in [1.82, 2.24) is 14.9 Å². The summed E-state index contributed by atoms with van der Waals surface area (Å²) in [7, 11) is 0. The molecule has 1 aromatic carbocycles. The molecule has 0 amide bonds. The molecule has 1 saturated heterocycles. The minimum atomic E-state index is 0.468. The molecule has 0 bridgehead atoms. The number of hydrogen-bond acceptors (Lipinski definition) is 3. The van der Waals surface area contributed by atoms with E-state index in [0.29, 0.717) is 6.04 Å². The van der Waals surface area contributed by atoms with Crippen molar-refractivity contribution in [2.45, 2.75) is 46.6 Å². The van der Waals surface area contributed by atoms with Gasteiger partial charge in [-0.2, -0.15) is 0 Å². The third-order valence-corrected chi connectivity index (χ3v) is 4.95. The maximum atomic E-state index is 4.68.